The molecule has 2 rings (SSSR count). The van der Waals surface area contributed by atoms with E-state index in [0.29, 0.717) is 12.1 Å². The zero-order valence-corrected chi connectivity index (χ0v) is 14.3. The summed E-state index contributed by atoms with van der Waals surface area (Å²) in [6.07, 6.45) is 2.64. The van der Waals surface area contributed by atoms with Gasteiger partial charge in [0.25, 0.3) is 0 Å². The third-order valence-electron chi connectivity index (χ3n) is 4.21. The molecule has 2 atom stereocenters. The minimum absolute atomic E-state index is 0.397. The normalized spacial score (nSPS) is 21.4. The van der Waals surface area contributed by atoms with E-state index in [0.717, 1.165) is 18.2 Å². The van der Waals surface area contributed by atoms with Crippen molar-refractivity contribution in [3.8, 4) is 0 Å². The van der Waals surface area contributed by atoms with Gasteiger partial charge in [-0.2, -0.15) is 0 Å². The zero-order chi connectivity index (χ0) is 14.7. The van der Waals surface area contributed by atoms with Crippen molar-refractivity contribution in [2.45, 2.75) is 45.7 Å². The number of aryl methyl sites for hydroxylation is 1. The predicted molar refractivity (Wildman–Crippen MR) is 87.9 cm³/mol. The monoisotopic (exact) mass is 296 g/mol. The average molecular weight is 296 g/mol. The van der Waals surface area contributed by atoms with Crippen LogP contribution in [0.25, 0.3) is 0 Å². The Balaban J connectivity index is 2.03. The molecule has 1 aliphatic rings. The third-order valence-corrected chi connectivity index (χ3v) is 5.66. The number of likely N-dealkylation sites (N-methyl/N-ethyl adjacent to an activating group) is 2. The topological polar surface area (TPSA) is 31.4 Å². The van der Waals surface area contributed by atoms with Crippen molar-refractivity contribution in [1.29, 1.82) is 0 Å². The first-order chi connectivity index (χ1) is 9.52. The maximum Gasteiger partial charge on any atom is 0.185 e. The fourth-order valence-corrected chi connectivity index (χ4v) is 4.02. The first kappa shape index (κ1) is 15.7. The lowest BCUT2D eigenvalue weighted by molar-refractivity contribution is 0.314. The summed E-state index contributed by atoms with van der Waals surface area (Å²) in [7, 11) is 4.41. The second-order valence-corrected chi connectivity index (χ2v) is 6.89. The van der Waals surface area contributed by atoms with E-state index in [1.165, 1.54) is 30.0 Å². The molecule has 1 saturated heterocycles. The molecule has 0 amide bonds. The van der Waals surface area contributed by atoms with E-state index in [4.69, 9.17) is 4.98 Å². The zero-order valence-electron chi connectivity index (χ0n) is 13.4. The Morgan fingerprint density at radius 2 is 2.30 bits per heavy atom. The fraction of sp³-hybridized carbons (Fsp3) is 0.800. The Hall–Kier alpha value is -0.650. The summed E-state index contributed by atoms with van der Waals surface area (Å²) in [5.41, 5.74) is 1.17. The van der Waals surface area contributed by atoms with Gasteiger partial charge < -0.3 is 15.1 Å². The lowest BCUT2D eigenvalue weighted by Gasteiger charge is -2.25. The molecule has 2 heterocycles. The Bertz CT molecular complexity index is 432. The van der Waals surface area contributed by atoms with E-state index in [9.17, 15) is 0 Å². The highest BCUT2D eigenvalue weighted by atomic mass is 32.1. The highest BCUT2D eigenvalue weighted by Gasteiger charge is 2.24. The summed E-state index contributed by atoms with van der Waals surface area (Å²) in [5.74, 6) is 0. The lowest BCUT2D eigenvalue weighted by Crippen LogP contribution is -2.36. The number of hydrogen-bond acceptors (Lipinski definition) is 5. The minimum Gasteiger partial charge on any atom is -0.350 e. The molecule has 0 radical (unpaired) electrons. The third kappa shape index (κ3) is 3.51. The Morgan fingerprint density at radius 3 is 2.90 bits per heavy atom. The van der Waals surface area contributed by atoms with Gasteiger partial charge in [0.15, 0.2) is 5.13 Å². The summed E-state index contributed by atoms with van der Waals surface area (Å²) in [6, 6.07) is 1.08. The Kier molecular flexibility index (Phi) is 5.41. The molecule has 1 N–H and O–H groups in total. The molecule has 1 aromatic heterocycles. The van der Waals surface area contributed by atoms with Gasteiger partial charge >= 0.3 is 0 Å². The van der Waals surface area contributed by atoms with E-state index < -0.39 is 0 Å². The minimum atomic E-state index is 0.397. The standard InChI is InChI=1S/C15H28N4S/c1-6-16-11(2)14-12(3)17-15(20-14)19(5)10-13-8-7-9-18(13)4/h11,13,16H,6-10H2,1-5H3. The van der Waals surface area contributed by atoms with Crippen LogP contribution in [0.15, 0.2) is 0 Å². The van der Waals surface area contributed by atoms with E-state index in [-0.39, 0.29) is 0 Å². The van der Waals surface area contributed by atoms with Gasteiger partial charge in [-0.1, -0.05) is 6.92 Å². The Labute approximate surface area is 127 Å². The molecule has 4 nitrogen and oxygen atoms in total. The van der Waals surface area contributed by atoms with Gasteiger partial charge in [0, 0.05) is 30.6 Å². The first-order valence-corrected chi connectivity index (χ1v) is 8.46. The van der Waals surface area contributed by atoms with E-state index in [1.54, 1.807) is 0 Å². The van der Waals surface area contributed by atoms with Gasteiger partial charge in [-0.05, 0) is 46.8 Å². The second-order valence-electron chi connectivity index (χ2n) is 5.88. The van der Waals surface area contributed by atoms with Crippen molar-refractivity contribution in [1.82, 2.24) is 15.2 Å². The molecule has 0 bridgehead atoms. The predicted octanol–water partition coefficient (Wildman–Crippen LogP) is 2.65. The van der Waals surface area contributed by atoms with Gasteiger partial charge in [-0.15, -0.1) is 11.3 Å². The summed E-state index contributed by atoms with van der Waals surface area (Å²) in [5, 5.41) is 4.63. The highest BCUT2D eigenvalue weighted by Crippen LogP contribution is 2.30. The van der Waals surface area contributed by atoms with Crippen LogP contribution >= 0.6 is 11.3 Å². The number of hydrogen-bond donors (Lipinski definition) is 1. The number of thiazole rings is 1. The number of aromatic nitrogens is 1. The van der Waals surface area contributed by atoms with Gasteiger partial charge in [0.1, 0.15) is 0 Å². The summed E-state index contributed by atoms with van der Waals surface area (Å²) >= 11 is 1.83. The number of nitrogens with zero attached hydrogens (tertiary/aromatic N) is 3. The van der Waals surface area contributed by atoms with Crippen LogP contribution < -0.4 is 10.2 Å². The summed E-state index contributed by atoms with van der Waals surface area (Å²) < 4.78 is 0. The molecule has 1 fully saturated rings. The molecular formula is C15H28N4S. The van der Waals surface area contributed by atoms with Gasteiger partial charge in [-0.3, -0.25) is 0 Å². The van der Waals surface area contributed by atoms with Crippen LogP contribution in [0.3, 0.4) is 0 Å². The molecule has 0 saturated carbocycles. The number of anilines is 1. The molecule has 0 aliphatic carbocycles. The van der Waals surface area contributed by atoms with Crippen molar-refractivity contribution in [2.75, 3.05) is 38.6 Å². The second kappa shape index (κ2) is 6.87. The first-order valence-electron chi connectivity index (χ1n) is 7.65. The molecule has 114 valence electrons. The van der Waals surface area contributed by atoms with Crippen molar-refractivity contribution in [2.24, 2.45) is 0 Å². The number of rotatable bonds is 6. The molecule has 2 unspecified atom stereocenters. The highest BCUT2D eigenvalue weighted by molar-refractivity contribution is 7.15. The van der Waals surface area contributed by atoms with Crippen LogP contribution in [0.4, 0.5) is 5.13 Å². The summed E-state index contributed by atoms with van der Waals surface area (Å²) in [4.78, 5) is 10.9. The van der Waals surface area contributed by atoms with E-state index >= 15 is 0 Å². The van der Waals surface area contributed by atoms with Gasteiger partial charge in [0.05, 0.1) is 5.69 Å². The summed E-state index contributed by atoms with van der Waals surface area (Å²) in [6.45, 7) is 9.81. The number of nitrogens with one attached hydrogen (secondary N) is 1. The maximum atomic E-state index is 4.77. The molecule has 0 spiro atoms. The Morgan fingerprint density at radius 1 is 1.55 bits per heavy atom. The van der Waals surface area contributed by atoms with Crippen LogP contribution in [0.5, 0.6) is 0 Å². The number of likely N-dealkylation sites (tertiary alicyclic amines) is 1. The SMILES string of the molecule is CCNC(C)c1sc(N(C)CC2CCCN2C)nc1C. The fourth-order valence-electron chi connectivity index (χ4n) is 2.96. The van der Waals surface area contributed by atoms with Crippen molar-refractivity contribution >= 4 is 16.5 Å². The van der Waals surface area contributed by atoms with Crippen LogP contribution in [0.1, 0.15) is 43.3 Å². The molecule has 1 aliphatic heterocycles. The lowest BCUT2D eigenvalue weighted by atomic mass is 10.2. The molecule has 1 aromatic rings. The molecule has 5 heteroatoms. The van der Waals surface area contributed by atoms with Crippen LogP contribution in [0, 0.1) is 6.92 Å². The van der Waals surface area contributed by atoms with E-state index in [2.05, 4.69) is 50.0 Å². The average Bonchev–Trinajstić information content (AvgIpc) is 2.97. The van der Waals surface area contributed by atoms with Crippen molar-refractivity contribution in [3.63, 3.8) is 0 Å². The van der Waals surface area contributed by atoms with E-state index in [1.807, 2.05) is 11.3 Å². The largest absolute Gasteiger partial charge is 0.350 e. The quantitative estimate of drug-likeness (QED) is 0.874. The van der Waals surface area contributed by atoms with Gasteiger partial charge in [-0.25, -0.2) is 4.98 Å². The molecule has 20 heavy (non-hydrogen) atoms. The van der Waals surface area contributed by atoms with Crippen LogP contribution in [-0.4, -0.2) is 49.7 Å². The molecular weight excluding hydrogens is 268 g/mol. The van der Waals surface area contributed by atoms with Crippen molar-refractivity contribution in [3.05, 3.63) is 10.6 Å². The maximum absolute atomic E-state index is 4.77. The van der Waals surface area contributed by atoms with Crippen LogP contribution in [-0.2, 0) is 0 Å². The van der Waals surface area contributed by atoms with Gasteiger partial charge in [0.2, 0.25) is 0 Å². The van der Waals surface area contributed by atoms with Crippen LogP contribution in [0.2, 0.25) is 0 Å². The molecule has 0 aromatic carbocycles. The van der Waals surface area contributed by atoms with Crippen molar-refractivity contribution < 1.29 is 0 Å². The smallest absolute Gasteiger partial charge is 0.185 e.